The molecular formula is C13H20N2O3. The summed E-state index contributed by atoms with van der Waals surface area (Å²) in [6.45, 7) is 4.04. The number of aromatic carboxylic acids is 1. The molecule has 0 aromatic carbocycles. The zero-order valence-electron chi connectivity index (χ0n) is 10.8. The maximum absolute atomic E-state index is 11.0. The molecule has 100 valence electrons. The highest BCUT2D eigenvalue weighted by atomic mass is 16.4. The van der Waals surface area contributed by atoms with Gasteiger partial charge in [0.05, 0.1) is 5.56 Å². The Morgan fingerprint density at radius 1 is 1.50 bits per heavy atom. The van der Waals surface area contributed by atoms with E-state index in [2.05, 4.69) is 10.3 Å². The van der Waals surface area contributed by atoms with E-state index < -0.39 is 5.97 Å². The molecule has 0 saturated carbocycles. The molecule has 1 aromatic rings. The molecule has 1 unspecified atom stereocenters. The fourth-order valence-electron chi connectivity index (χ4n) is 1.69. The Kier molecular flexibility index (Phi) is 5.58. The van der Waals surface area contributed by atoms with Gasteiger partial charge < -0.3 is 15.5 Å². The number of aromatic nitrogens is 1. The van der Waals surface area contributed by atoms with Gasteiger partial charge in [-0.3, -0.25) is 0 Å². The predicted octanol–water partition coefficient (Wildman–Crippen LogP) is 1.92. The number of hydrogen-bond donors (Lipinski definition) is 3. The molecule has 1 heterocycles. The van der Waals surface area contributed by atoms with Crippen LogP contribution in [-0.2, 0) is 6.42 Å². The van der Waals surface area contributed by atoms with Gasteiger partial charge in [0.25, 0.3) is 0 Å². The van der Waals surface area contributed by atoms with Gasteiger partial charge in [0, 0.05) is 18.3 Å². The fourth-order valence-corrected chi connectivity index (χ4v) is 1.69. The Balaban J connectivity index is 2.91. The first-order valence-corrected chi connectivity index (χ1v) is 6.18. The number of anilines is 1. The number of pyridine rings is 1. The highest BCUT2D eigenvalue weighted by Gasteiger charge is 2.10. The van der Waals surface area contributed by atoms with E-state index in [9.17, 15) is 4.79 Å². The Bertz CT molecular complexity index is 407. The third-order valence-corrected chi connectivity index (χ3v) is 2.59. The van der Waals surface area contributed by atoms with Gasteiger partial charge in [-0.25, -0.2) is 9.78 Å². The normalized spacial score (nSPS) is 12.2. The average molecular weight is 252 g/mol. The van der Waals surface area contributed by atoms with E-state index >= 15 is 0 Å². The average Bonchev–Trinajstić information content (AvgIpc) is 2.29. The maximum atomic E-state index is 11.0. The lowest BCUT2D eigenvalue weighted by molar-refractivity contribution is 0.0696. The lowest BCUT2D eigenvalue weighted by Crippen LogP contribution is -2.18. The van der Waals surface area contributed by atoms with Crippen molar-refractivity contribution < 1.29 is 15.0 Å². The summed E-state index contributed by atoms with van der Waals surface area (Å²) in [6, 6.07) is 3.18. The maximum Gasteiger partial charge on any atom is 0.335 e. The lowest BCUT2D eigenvalue weighted by atomic mass is 10.1. The number of rotatable bonds is 7. The highest BCUT2D eigenvalue weighted by molar-refractivity contribution is 5.88. The number of aliphatic hydroxyl groups is 1. The van der Waals surface area contributed by atoms with Gasteiger partial charge in [-0.15, -0.1) is 0 Å². The van der Waals surface area contributed by atoms with E-state index in [1.54, 1.807) is 6.07 Å². The van der Waals surface area contributed by atoms with Crippen LogP contribution < -0.4 is 5.32 Å². The summed E-state index contributed by atoms with van der Waals surface area (Å²) in [7, 11) is 0. The van der Waals surface area contributed by atoms with Gasteiger partial charge >= 0.3 is 5.97 Å². The first-order chi connectivity index (χ1) is 8.56. The van der Waals surface area contributed by atoms with Crippen LogP contribution in [0.25, 0.3) is 0 Å². The second kappa shape index (κ2) is 6.96. The molecule has 1 atom stereocenters. The molecule has 3 N–H and O–H groups in total. The van der Waals surface area contributed by atoms with Crippen LogP contribution in [0.15, 0.2) is 12.1 Å². The summed E-state index contributed by atoms with van der Waals surface area (Å²) < 4.78 is 0. The van der Waals surface area contributed by atoms with Crippen molar-refractivity contribution in [1.29, 1.82) is 0 Å². The Morgan fingerprint density at radius 2 is 2.22 bits per heavy atom. The minimum atomic E-state index is -0.951. The second-order valence-corrected chi connectivity index (χ2v) is 4.35. The van der Waals surface area contributed by atoms with Crippen molar-refractivity contribution in [1.82, 2.24) is 4.98 Å². The van der Waals surface area contributed by atoms with Gasteiger partial charge in [-0.1, -0.05) is 13.3 Å². The van der Waals surface area contributed by atoms with Crippen molar-refractivity contribution in [2.45, 2.75) is 39.2 Å². The van der Waals surface area contributed by atoms with Gasteiger partial charge in [0.1, 0.15) is 5.82 Å². The molecule has 0 aliphatic rings. The minimum absolute atomic E-state index is 0.0565. The summed E-state index contributed by atoms with van der Waals surface area (Å²) in [5.74, 6) is -0.396. The van der Waals surface area contributed by atoms with Crippen molar-refractivity contribution in [2.24, 2.45) is 0 Å². The molecule has 18 heavy (non-hydrogen) atoms. The summed E-state index contributed by atoms with van der Waals surface area (Å²) in [4.78, 5) is 15.4. The van der Waals surface area contributed by atoms with E-state index in [1.165, 1.54) is 6.07 Å². The number of nitrogens with one attached hydrogen (secondary N) is 1. The topological polar surface area (TPSA) is 82.5 Å². The molecule has 0 saturated heterocycles. The highest BCUT2D eigenvalue weighted by Crippen LogP contribution is 2.14. The Morgan fingerprint density at radius 3 is 2.78 bits per heavy atom. The summed E-state index contributed by atoms with van der Waals surface area (Å²) in [5.41, 5.74) is 1.02. The Hall–Kier alpha value is -1.62. The standard InChI is InChI=1S/C13H20N2O3/c1-3-4-11-7-10(13(17)18)8-12(15-11)14-9(2)5-6-16/h7-9,16H,3-6H2,1-2H3,(H,14,15)(H,17,18). The first kappa shape index (κ1) is 14.4. The number of nitrogens with zero attached hydrogens (tertiary/aromatic N) is 1. The monoisotopic (exact) mass is 252 g/mol. The van der Waals surface area contributed by atoms with Crippen LogP contribution in [0.2, 0.25) is 0 Å². The molecule has 5 heteroatoms. The van der Waals surface area contributed by atoms with Crippen molar-refractivity contribution in [2.75, 3.05) is 11.9 Å². The molecule has 0 aliphatic heterocycles. The number of carbonyl (C=O) groups is 1. The second-order valence-electron chi connectivity index (χ2n) is 4.35. The molecule has 5 nitrogen and oxygen atoms in total. The largest absolute Gasteiger partial charge is 0.478 e. The SMILES string of the molecule is CCCc1cc(C(=O)O)cc(NC(C)CCO)n1. The van der Waals surface area contributed by atoms with Crippen LogP contribution in [0.3, 0.4) is 0 Å². The number of carboxylic acids is 1. The summed E-state index contributed by atoms with van der Waals surface area (Å²) in [5, 5.41) is 21.0. The first-order valence-electron chi connectivity index (χ1n) is 6.18. The third-order valence-electron chi connectivity index (χ3n) is 2.59. The molecule has 1 aromatic heterocycles. The summed E-state index contributed by atoms with van der Waals surface area (Å²) in [6.07, 6.45) is 2.27. The van der Waals surface area contributed by atoms with E-state index in [-0.39, 0.29) is 18.2 Å². The Labute approximate surface area is 107 Å². The minimum Gasteiger partial charge on any atom is -0.478 e. The van der Waals surface area contributed by atoms with Crippen LogP contribution in [-0.4, -0.2) is 33.8 Å². The number of carboxylic acid groups (broad SMARTS) is 1. The quantitative estimate of drug-likeness (QED) is 0.690. The number of hydrogen-bond acceptors (Lipinski definition) is 4. The number of aryl methyl sites for hydroxylation is 1. The van der Waals surface area contributed by atoms with Crippen LogP contribution in [0.4, 0.5) is 5.82 Å². The van der Waals surface area contributed by atoms with Crippen molar-refractivity contribution in [3.05, 3.63) is 23.4 Å². The summed E-state index contributed by atoms with van der Waals surface area (Å²) >= 11 is 0. The molecule has 0 radical (unpaired) electrons. The van der Waals surface area contributed by atoms with Crippen LogP contribution >= 0.6 is 0 Å². The smallest absolute Gasteiger partial charge is 0.335 e. The molecule has 0 spiro atoms. The fraction of sp³-hybridized carbons (Fsp3) is 0.538. The van der Waals surface area contributed by atoms with E-state index in [1.807, 2.05) is 13.8 Å². The van der Waals surface area contributed by atoms with E-state index in [0.717, 1.165) is 18.5 Å². The zero-order chi connectivity index (χ0) is 13.5. The molecule has 0 fully saturated rings. The van der Waals surface area contributed by atoms with Crippen LogP contribution in [0.1, 0.15) is 42.7 Å². The molecular weight excluding hydrogens is 232 g/mol. The van der Waals surface area contributed by atoms with Crippen molar-refractivity contribution in [3.63, 3.8) is 0 Å². The van der Waals surface area contributed by atoms with Gasteiger partial charge in [0.15, 0.2) is 0 Å². The van der Waals surface area contributed by atoms with E-state index in [4.69, 9.17) is 10.2 Å². The molecule has 0 amide bonds. The van der Waals surface area contributed by atoms with Crippen LogP contribution in [0, 0.1) is 0 Å². The number of aliphatic hydroxyl groups excluding tert-OH is 1. The van der Waals surface area contributed by atoms with E-state index in [0.29, 0.717) is 12.2 Å². The lowest BCUT2D eigenvalue weighted by Gasteiger charge is -2.14. The van der Waals surface area contributed by atoms with Gasteiger partial charge in [-0.05, 0) is 31.9 Å². The molecule has 0 aliphatic carbocycles. The van der Waals surface area contributed by atoms with Crippen molar-refractivity contribution in [3.8, 4) is 0 Å². The predicted molar refractivity (Wildman–Crippen MR) is 70.0 cm³/mol. The third kappa shape index (κ3) is 4.33. The zero-order valence-corrected chi connectivity index (χ0v) is 10.8. The van der Waals surface area contributed by atoms with Crippen molar-refractivity contribution >= 4 is 11.8 Å². The van der Waals surface area contributed by atoms with Gasteiger partial charge in [-0.2, -0.15) is 0 Å². The van der Waals surface area contributed by atoms with Crippen LogP contribution in [0.5, 0.6) is 0 Å². The molecule has 0 bridgehead atoms. The van der Waals surface area contributed by atoms with Gasteiger partial charge in [0.2, 0.25) is 0 Å². The molecule has 1 rings (SSSR count).